The molecule has 1 saturated heterocycles. The van der Waals surface area contributed by atoms with Gasteiger partial charge in [-0.2, -0.15) is 0 Å². The number of benzene rings is 1. The maximum absolute atomic E-state index is 13.0. The second-order valence-electron chi connectivity index (χ2n) is 9.43. The van der Waals surface area contributed by atoms with Gasteiger partial charge in [-0.1, -0.05) is 18.2 Å². The van der Waals surface area contributed by atoms with Gasteiger partial charge < -0.3 is 14.2 Å². The Morgan fingerprint density at radius 2 is 1.77 bits per heavy atom. The number of ketones is 1. The van der Waals surface area contributed by atoms with Crippen molar-refractivity contribution in [1.82, 2.24) is 0 Å². The lowest BCUT2D eigenvalue weighted by Crippen LogP contribution is -2.67. The number of carbonyl (C=O) groups is 3. The van der Waals surface area contributed by atoms with E-state index in [9.17, 15) is 14.4 Å². The molecule has 6 heteroatoms. The zero-order chi connectivity index (χ0) is 21.9. The molecule has 0 radical (unpaired) electrons. The van der Waals surface area contributed by atoms with Crippen LogP contribution in [0.1, 0.15) is 57.8 Å². The highest BCUT2D eigenvalue weighted by Gasteiger charge is 2.73. The molecule has 2 fully saturated rings. The largest absolute Gasteiger partial charge is 0.458 e. The van der Waals surface area contributed by atoms with Crippen molar-refractivity contribution in [3.63, 3.8) is 0 Å². The zero-order valence-corrected chi connectivity index (χ0v) is 18.1. The molecule has 1 aromatic rings. The highest BCUT2D eigenvalue weighted by atomic mass is 16.6. The lowest BCUT2D eigenvalue weighted by molar-refractivity contribution is -0.211. The number of rotatable bonds is 3. The highest BCUT2D eigenvalue weighted by Crippen LogP contribution is 2.65. The molecule has 0 aromatic heterocycles. The minimum Gasteiger partial charge on any atom is -0.458 e. The van der Waals surface area contributed by atoms with Crippen LogP contribution in [0.4, 0.5) is 0 Å². The number of fused-ring (bicyclic) bond motifs is 1. The fraction of sp³-hybridized carbons (Fsp3) is 0.542. The molecule has 160 valence electrons. The summed E-state index contributed by atoms with van der Waals surface area (Å²) in [6.07, 6.45) is 1.01. The van der Waals surface area contributed by atoms with Crippen molar-refractivity contribution >= 4 is 17.7 Å². The van der Waals surface area contributed by atoms with Crippen LogP contribution in [-0.2, 0) is 23.8 Å². The molecule has 0 unspecified atom stereocenters. The first kappa shape index (κ1) is 20.8. The quantitative estimate of drug-likeness (QED) is 0.706. The van der Waals surface area contributed by atoms with Crippen LogP contribution in [-0.4, -0.2) is 41.1 Å². The van der Waals surface area contributed by atoms with E-state index in [2.05, 4.69) is 0 Å². The van der Waals surface area contributed by atoms with Gasteiger partial charge in [0.1, 0.15) is 11.7 Å². The van der Waals surface area contributed by atoms with E-state index in [-0.39, 0.29) is 11.7 Å². The minimum atomic E-state index is -1.08. The second kappa shape index (κ2) is 6.77. The Labute approximate surface area is 176 Å². The zero-order valence-electron chi connectivity index (χ0n) is 18.1. The number of carbonyl (C=O) groups excluding carboxylic acids is 3. The number of ether oxygens (including phenoxy) is 3. The van der Waals surface area contributed by atoms with Crippen LogP contribution in [0.2, 0.25) is 0 Å². The monoisotopic (exact) mass is 412 g/mol. The minimum absolute atomic E-state index is 0.133. The number of esters is 2. The smallest absolute Gasteiger partial charge is 0.338 e. The molecule has 1 aromatic carbocycles. The summed E-state index contributed by atoms with van der Waals surface area (Å²) in [7, 11) is 0. The van der Waals surface area contributed by atoms with E-state index >= 15 is 0 Å². The topological polar surface area (TPSA) is 78.9 Å². The van der Waals surface area contributed by atoms with Crippen LogP contribution >= 0.6 is 0 Å². The lowest BCUT2D eigenvalue weighted by Gasteiger charge is -2.56. The van der Waals surface area contributed by atoms with E-state index in [1.165, 1.54) is 13.0 Å². The van der Waals surface area contributed by atoms with Gasteiger partial charge in [0.2, 0.25) is 0 Å². The Bertz CT molecular complexity index is 932. The van der Waals surface area contributed by atoms with Gasteiger partial charge in [0.15, 0.2) is 11.9 Å². The van der Waals surface area contributed by atoms with Crippen LogP contribution in [0, 0.1) is 11.3 Å². The number of hydrogen-bond acceptors (Lipinski definition) is 6. The molecule has 2 aliphatic carbocycles. The molecule has 1 heterocycles. The first-order valence-corrected chi connectivity index (χ1v) is 10.4. The summed E-state index contributed by atoms with van der Waals surface area (Å²) in [4.78, 5) is 37.8. The molecular weight excluding hydrogens is 384 g/mol. The van der Waals surface area contributed by atoms with Crippen LogP contribution in [0.5, 0.6) is 0 Å². The maximum Gasteiger partial charge on any atom is 0.338 e. The van der Waals surface area contributed by atoms with Gasteiger partial charge >= 0.3 is 11.9 Å². The summed E-state index contributed by atoms with van der Waals surface area (Å²) in [5, 5.41) is 0. The van der Waals surface area contributed by atoms with Gasteiger partial charge in [-0.3, -0.25) is 9.59 Å². The standard InChI is InChI=1S/C24H28O6/c1-14-11-18(26)20(28-15(2)25)23(5)19(29-21(27)16-9-7-6-8-10-16)12-17-13-24(14,23)30-22(17,3)4/h6-11,17,19-20H,12-13H2,1-5H3/t17-,19+,20-,23-,24+/m1/s1. The van der Waals surface area contributed by atoms with Crippen LogP contribution in [0.25, 0.3) is 0 Å². The molecule has 1 aliphatic heterocycles. The maximum atomic E-state index is 13.0. The Kier molecular flexibility index (Phi) is 4.69. The van der Waals surface area contributed by atoms with Gasteiger partial charge in [0, 0.05) is 6.92 Å². The molecular formula is C24H28O6. The Morgan fingerprint density at radius 3 is 2.40 bits per heavy atom. The molecule has 1 spiro atoms. The van der Waals surface area contributed by atoms with Crippen molar-refractivity contribution in [2.24, 2.45) is 11.3 Å². The molecule has 4 rings (SSSR count). The molecule has 6 nitrogen and oxygen atoms in total. The van der Waals surface area contributed by atoms with Crippen LogP contribution < -0.4 is 0 Å². The van der Waals surface area contributed by atoms with Crippen molar-refractivity contribution in [2.75, 3.05) is 0 Å². The fourth-order valence-electron chi connectivity index (χ4n) is 5.66. The van der Waals surface area contributed by atoms with E-state index in [1.807, 2.05) is 33.8 Å². The summed E-state index contributed by atoms with van der Waals surface area (Å²) in [5.74, 6) is -1.18. The Balaban J connectivity index is 1.82. The Hall–Kier alpha value is -2.47. The van der Waals surface area contributed by atoms with E-state index in [0.717, 1.165) is 5.57 Å². The van der Waals surface area contributed by atoms with Gasteiger partial charge in [-0.25, -0.2) is 4.79 Å². The molecule has 2 bridgehead atoms. The first-order chi connectivity index (χ1) is 14.0. The van der Waals surface area contributed by atoms with Crippen molar-refractivity contribution < 1.29 is 28.6 Å². The average molecular weight is 412 g/mol. The first-order valence-electron chi connectivity index (χ1n) is 10.4. The summed E-state index contributed by atoms with van der Waals surface area (Å²) < 4.78 is 18.2. The summed E-state index contributed by atoms with van der Waals surface area (Å²) in [6.45, 7) is 9.07. The van der Waals surface area contributed by atoms with Gasteiger partial charge in [0.25, 0.3) is 0 Å². The van der Waals surface area contributed by atoms with Crippen molar-refractivity contribution in [2.45, 2.75) is 70.9 Å². The van der Waals surface area contributed by atoms with E-state index < -0.39 is 40.8 Å². The third-order valence-electron chi connectivity index (χ3n) is 7.33. The lowest BCUT2D eigenvalue weighted by atomic mass is 9.53. The predicted octanol–water partition coefficient (Wildman–Crippen LogP) is 3.64. The van der Waals surface area contributed by atoms with E-state index in [1.54, 1.807) is 24.3 Å². The molecule has 0 N–H and O–H groups in total. The molecule has 1 saturated carbocycles. The SMILES string of the molecule is CC(=O)O[C@@H]1C(=O)C=C(C)[C@@]23C[C@@H](C[C@H](OC(=O)c4ccccc4)[C@]12C)C(C)(C)O3. The van der Waals surface area contributed by atoms with Gasteiger partial charge in [-0.05, 0) is 70.2 Å². The summed E-state index contributed by atoms with van der Waals surface area (Å²) in [5.41, 5.74) is -1.13. The van der Waals surface area contributed by atoms with Crippen LogP contribution in [0.3, 0.4) is 0 Å². The Morgan fingerprint density at radius 1 is 1.10 bits per heavy atom. The number of hydrogen-bond donors (Lipinski definition) is 0. The third-order valence-corrected chi connectivity index (χ3v) is 7.33. The molecule has 30 heavy (non-hydrogen) atoms. The predicted molar refractivity (Wildman–Crippen MR) is 109 cm³/mol. The van der Waals surface area contributed by atoms with Crippen molar-refractivity contribution in [3.8, 4) is 0 Å². The summed E-state index contributed by atoms with van der Waals surface area (Å²) in [6, 6.07) is 8.76. The van der Waals surface area contributed by atoms with Gasteiger partial charge in [0.05, 0.1) is 16.6 Å². The molecule has 5 atom stereocenters. The average Bonchev–Trinajstić information content (AvgIpc) is 2.92. The van der Waals surface area contributed by atoms with E-state index in [0.29, 0.717) is 18.4 Å². The van der Waals surface area contributed by atoms with Crippen molar-refractivity contribution in [1.29, 1.82) is 0 Å². The molecule has 0 amide bonds. The third kappa shape index (κ3) is 2.84. The normalized spacial score (nSPS) is 36.5. The van der Waals surface area contributed by atoms with E-state index in [4.69, 9.17) is 14.2 Å². The highest BCUT2D eigenvalue weighted by molar-refractivity contribution is 5.98. The van der Waals surface area contributed by atoms with Crippen LogP contribution in [0.15, 0.2) is 42.0 Å². The summed E-state index contributed by atoms with van der Waals surface area (Å²) >= 11 is 0. The molecule has 3 aliphatic rings. The van der Waals surface area contributed by atoms with Crippen molar-refractivity contribution in [3.05, 3.63) is 47.5 Å². The fourth-order valence-corrected chi connectivity index (χ4v) is 5.66. The second-order valence-corrected chi connectivity index (χ2v) is 9.43. The van der Waals surface area contributed by atoms with Gasteiger partial charge in [-0.15, -0.1) is 0 Å².